The van der Waals surface area contributed by atoms with Crippen molar-refractivity contribution in [2.24, 2.45) is 0 Å². The molecule has 0 aliphatic rings. The molecule has 3 aromatic rings. The van der Waals surface area contributed by atoms with E-state index in [0.717, 1.165) is 20.6 Å². The van der Waals surface area contributed by atoms with Crippen LogP contribution in [0.3, 0.4) is 0 Å². The maximum absolute atomic E-state index is 5.93. The molecule has 0 bridgehead atoms. The molecule has 0 atom stereocenters. The molecule has 2 heterocycles. The van der Waals surface area contributed by atoms with Crippen molar-refractivity contribution in [2.45, 2.75) is 19.8 Å². The van der Waals surface area contributed by atoms with E-state index in [0.29, 0.717) is 17.2 Å². The van der Waals surface area contributed by atoms with Crippen molar-refractivity contribution >= 4 is 44.2 Å². The fourth-order valence-electron chi connectivity index (χ4n) is 1.84. The predicted molar refractivity (Wildman–Crippen MR) is 79.1 cm³/mol. The number of nitrogens with two attached hydrogens (primary N) is 1. The Bertz CT molecular complexity index is 749. The number of hydrogen-bond donors (Lipinski definition) is 1. The van der Waals surface area contributed by atoms with Crippen molar-refractivity contribution in [3.8, 4) is 10.8 Å². The van der Waals surface area contributed by atoms with Crippen molar-refractivity contribution in [3.05, 3.63) is 22.3 Å². The van der Waals surface area contributed by atoms with Gasteiger partial charge in [0.1, 0.15) is 10.4 Å². The van der Waals surface area contributed by atoms with Gasteiger partial charge in [-0.25, -0.2) is 4.98 Å². The highest BCUT2D eigenvalue weighted by Crippen LogP contribution is 2.34. The van der Waals surface area contributed by atoms with E-state index in [2.05, 4.69) is 44.3 Å². The van der Waals surface area contributed by atoms with Crippen LogP contribution in [-0.4, -0.2) is 14.6 Å². The van der Waals surface area contributed by atoms with Gasteiger partial charge in [0.15, 0.2) is 5.58 Å². The Labute approximate surface area is 122 Å². The molecule has 0 saturated heterocycles. The number of nitrogen functional groups attached to an aromatic ring is 1. The normalized spacial score (nSPS) is 11.6. The van der Waals surface area contributed by atoms with Crippen molar-refractivity contribution in [2.75, 3.05) is 5.73 Å². The van der Waals surface area contributed by atoms with Gasteiger partial charge in [-0.05, 0) is 29.6 Å². The third-order valence-corrected chi connectivity index (χ3v) is 3.93. The highest BCUT2D eigenvalue weighted by molar-refractivity contribution is 9.10. The summed E-state index contributed by atoms with van der Waals surface area (Å²) in [7, 11) is 0. The molecular formula is C12H11BrN4OS. The zero-order valence-electron chi connectivity index (χ0n) is 10.3. The van der Waals surface area contributed by atoms with Crippen LogP contribution in [0.2, 0.25) is 0 Å². The van der Waals surface area contributed by atoms with Crippen LogP contribution < -0.4 is 5.73 Å². The number of aromatic nitrogens is 3. The fourth-order valence-corrected chi connectivity index (χ4v) is 3.05. The van der Waals surface area contributed by atoms with Gasteiger partial charge in [0, 0.05) is 4.47 Å². The molecule has 0 unspecified atom stereocenters. The number of oxazole rings is 1. The first-order chi connectivity index (χ1) is 9.06. The molecule has 0 aliphatic carbocycles. The maximum atomic E-state index is 5.93. The van der Waals surface area contributed by atoms with E-state index in [9.17, 15) is 0 Å². The monoisotopic (exact) mass is 338 g/mol. The van der Waals surface area contributed by atoms with Crippen LogP contribution in [0, 0.1) is 0 Å². The Kier molecular flexibility index (Phi) is 3.02. The summed E-state index contributed by atoms with van der Waals surface area (Å²) in [5, 5.41) is 4.13. The standard InChI is InChI=1S/C12H11BrN4OS/c1-5(2)9-11(19-17-16-9)12-15-8-4-6(13)3-7(14)10(8)18-12/h3-5H,14H2,1-2H3. The summed E-state index contributed by atoms with van der Waals surface area (Å²) in [6, 6.07) is 3.67. The van der Waals surface area contributed by atoms with Crippen LogP contribution in [0.15, 0.2) is 21.0 Å². The predicted octanol–water partition coefficient (Wildman–Crippen LogP) is 3.81. The lowest BCUT2D eigenvalue weighted by molar-refractivity contribution is 0.620. The average molecular weight is 339 g/mol. The second-order valence-corrected chi connectivity index (χ2v) is 6.17. The number of rotatable bonds is 2. The molecule has 0 radical (unpaired) electrons. The molecule has 0 amide bonds. The molecule has 0 aliphatic heterocycles. The summed E-state index contributed by atoms with van der Waals surface area (Å²) in [5.74, 6) is 0.798. The minimum atomic E-state index is 0.271. The number of benzene rings is 1. The quantitative estimate of drug-likeness (QED) is 0.718. The van der Waals surface area contributed by atoms with Crippen molar-refractivity contribution in [1.82, 2.24) is 14.6 Å². The minimum Gasteiger partial charge on any atom is -0.433 e. The topological polar surface area (TPSA) is 77.8 Å². The van der Waals surface area contributed by atoms with Crippen LogP contribution in [0.5, 0.6) is 0 Å². The number of anilines is 1. The Balaban J connectivity index is 2.21. The Morgan fingerprint density at radius 2 is 2.16 bits per heavy atom. The van der Waals surface area contributed by atoms with Crippen molar-refractivity contribution < 1.29 is 4.42 Å². The number of fused-ring (bicyclic) bond motifs is 1. The van der Waals surface area contributed by atoms with E-state index >= 15 is 0 Å². The Morgan fingerprint density at radius 3 is 2.89 bits per heavy atom. The molecule has 5 nitrogen and oxygen atoms in total. The largest absolute Gasteiger partial charge is 0.433 e. The summed E-state index contributed by atoms with van der Waals surface area (Å²) in [6.07, 6.45) is 0. The van der Waals surface area contributed by atoms with Gasteiger partial charge in [0.2, 0.25) is 5.89 Å². The summed E-state index contributed by atoms with van der Waals surface area (Å²) in [6.45, 7) is 4.13. The lowest BCUT2D eigenvalue weighted by Crippen LogP contribution is -1.90. The zero-order chi connectivity index (χ0) is 13.6. The van der Waals surface area contributed by atoms with Gasteiger partial charge in [0.05, 0.1) is 11.4 Å². The van der Waals surface area contributed by atoms with E-state index in [1.807, 2.05) is 6.07 Å². The highest BCUT2D eigenvalue weighted by Gasteiger charge is 2.19. The second kappa shape index (κ2) is 4.57. The van der Waals surface area contributed by atoms with E-state index in [-0.39, 0.29) is 5.92 Å². The first-order valence-electron chi connectivity index (χ1n) is 5.74. The molecule has 2 N–H and O–H groups in total. The number of nitrogens with zero attached hydrogens (tertiary/aromatic N) is 3. The SMILES string of the molecule is CC(C)c1nnsc1-c1nc2cc(Br)cc(N)c2o1. The molecule has 1 aromatic carbocycles. The third-order valence-electron chi connectivity index (χ3n) is 2.74. The molecule has 19 heavy (non-hydrogen) atoms. The minimum absolute atomic E-state index is 0.271. The molecule has 98 valence electrons. The summed E-state index contributed by atoms with van der Waals surface area (Å²) in [5.41, 5.74) is 8.71. The van der Waals surface area contributed by atoms with Gasteiger partial charge >= 0.3 is 0 Å². The maximum Gasteiger partial charge on any atom is 0.241 e. The summed E-state index contributed by atoms with van der Waals surface area (Å²) >= 11 is 4.68. The van der Waals surface area contributed by atoms with Crippen LogP contribution in [-0.2, 0) is 0 Å². The first-order valence-corrected chi connectivity index (χ1v) is 7.31. The zero-order valence-corrected chi connectivity index (χ0v) is 12.7. The van der Waals surface area contributed by atoms with Crippen molar-refractivity contribution in [1.29, 1.82) is 0 Å². The van der Waals surface area contributed by atoms with Gasteiger partial charge in [-0.2, -0.15) is 0 Å². The Morgan fingerprint density at radius 1 is 1.37 bits per heavy atom. The average Bonchev–Trinajstić information content (AvgIpc) is 2.92. The number of halogens is 1. The van der Waals surface area contributed by atoms with Gasteiger partial charge in [-0.3, -0.25) is 0 Å². The van der Waals surface area contributed by atoms with E-state index in [4.69, 9.17) is 10.2 Å². The van der Waals surface area contributed by atoms with Gasteiger partial charge in [-0.1, -0.05) is 34.3 Å². The molecule has 0 spiro atoms. The molecule has 0 saturated carbocycles. The smallest absolute Gasteiger partial charge is 0.241 e. The molecule has 7 heteroatoms. The lowest BCUT2D eigenvalue weighted by Gasteiger charge is -1.99. The van der Waals surface area contributed by atoms with E-state index in [1.54, 1.807) is 6.07 Å². The summed E-state index contributed by atoms with van der Waals surface area (Å²) < 4.78 is 10.6. The molecule has 0 fully saturated rings. The van der Waals surface area contributed by atoms with Crippen LogP contribution in [0.25, 0.3) is 21.9 Å². The van der Waals surface area contributed by atoms with E-state index in [1.165, 1.54) is 11.5 Å². The molecule has 2 aromatic heterocycles. The van der Waals surface area contributed by atoms with Gasteiger partial charge in [0.25, 0.3) is 0 Å². The van der Waals surface area contributed by atoms with Crippen LogP contribution in [0.4, 0.5) is 5.69 Å². The van der Waals surface area contributed by atoms with Crippen molar-refractivity contribution in [3.63, 3.8) is 0 Å². The second-order valence-electron chi connectivity index (χ2n) is 4.50. The molecule has 3 rings (SSSR count). The van der Waals surface area contributed by atoms with Gasteiger partial charge < -0.3 is 10.2 Å². The Hall–Kier alpha value is -1.47. The van der Waals surface area contributed by atoms with Gasteiger partial charge in [-0.15, -0.1) is 5.10 Å². The van der Waals surface area contributed by atoms with Crippen LogP contribution in [0.1, 0.15) is 25.5 Å². The third kappa shape index (κ3) is 2.12. The van der Waals surface area contributed by atoms with E-state index < -0.39 is 0 Å². The summed E-state index contributed by atoms with van der Waals surface area (Å²) in [4.78, 5) is 5.34. The fraction of sp³-hybridized carbons (Fsp3) is 0.250. The first kappa shape index (κ1) is 12.6. The number of hydrogen-bond acceptors (Lipinski definition) is 6. The lowest BCUT2D eigenvalue weighted by atomic mass is 10.1. The van der Waals surface area contributed by atoms with Crippen LogP contribution >= 0.6 is 27.5 Å². The highest BCUT2D eigenvalue weighted by atomic mass is 79.9. The molecular weight excluding hydrogens is 328 g/mol.